The molecule has 0 aromatic heterocycles. The van der Waals surface area contributed by atoms with Crippen LogP contribution in [0.1, 0.15) is 83.5 Å². The number of piperidine rings is 2. The van der Waals surface area contributed by atoms with E-state index in [1.807, 2.05) is 16.8 Å². The van der Waals surface area contributed by atoms with E-state index in [4.69, 9.17) is 15.9 Å². The maximum atomic E-state index is 13.7. The van der Waals surface area contributed by atoms with Gasteiger partial charge in [0.15, 0.2) is 5.96 Å². The molecule has 1 aliphatic carbocycles. The Balaban J connectivity index is 1.57. The number of aliphatic carboxylic acids is 1. The number of hydrogen-bond acceptors (Lipinski definition) is 5. The first-order chi connectivity index (χ1) is 16.4. The van der Waals surface area contributed by atoms with Crippen molar-refractivity contribution in [3.63, 3.8) is 0 Å². The smallest absolute Gasteiger partial charge is 0.305 e. The van der Waals surface area contributed by atoms with Gasteiger partial charge in [0.2, 0.25) is 5.91 Å². The fourth-order valence-corrected chi connectivity index (χ4v) is 5.91. The first-order valence-electron chi connectivity index (χ1n) is 13.3. The maximum absolute atomic E-state index is 13.7. The van der Waals surface area contributed by atoms with Crippen LogP contribution in [0.5, 0.6) is 0 Å². The molecule has 0 aromatic rings. The van der Waals surface area contributed by atoms with Gasteiger partial charge in [0.05, 0.1) is 18.6 Å². The molecule has 3 fully saturated rings. The number of carbonyl (C=O) groups excluding carboxylic acids is 1. The Morgan fingerprint density at radius 2 is 1.68 bits per heavy atom. The Hall–Kier alpha value is -1.87. The summed E-state index contributed by atoms with van der Waals surface area (Å²) >= 11 is 0. The molecule has 1 amide bonds. The van der Waals surface area contributed by atoms with E-state index in [-0.39, 0.29) is 36.5 Å². The first kappa shape index (κ1) is 26.7. The van der Waals surface area contributed by atoms with Crippen molar-refractivity contribution in [2.45, 2.75) is 108 Å². The van der Waals surface area contributed by atoms with Gasteiger partial charge in [-0.3, -0.25) is 19.9 Å². The minimum Gasteiger partial charge on any atom is -0.481 e. The lowest BCUT2D eigenvalue weighted by molar-refractivity contribution is -0.148. The molecular formula is C25H45N5O4. The average molecular weight is 480 g/mol. The lowest BCUT2D eigenvalue weighted by atomic mass is 9.96. The molecule has 34 heavy (non-hydrogen) atoms. The number of nitrogens with two attached hydrogens (primary N) is 1. The van der Waals surface area contributed by atoms with Crippen molar-refractivity contribution in [2.24, 2.45) is 5.73 Å². The third kappa shape index (κ3) is 7.57. The summed E-state index contributed by atoms with van der Waals surface area (Å²) in [4.78, 5) is 31.3. The average Bonchev–Trinajstić information content (AvgIpc) is 3.12. The van der Waals surface area contributed by atoms with E-state index in [1.54, 1.807) is 0 Å². The normalized spacial score (nSPS) is 24.1. The number of guanidine groups is 1. The van der Waals surface area contributed by atoms with Crippen molar-refractivity contribution < 1.29 is 19.4 Å². The van der Waals surface area contributed by atoms with E-state index in [0.717, 1.165) is 77.3 Å². The fraction of sp³-hybridized carbons (Fsp3) is 0.880. The molecule has 2 aliphatic heterocycles. The fourth-order valence-electron chi connectivity index (χ4n) is 5.91. The van der Waals surface area contributed by atoms with E-state index in [2.05, 4.69) is 4.90 Å². The monoisotopic (exact) mass is 479 g/mol. The van der Waals surface area contributed by atoms with Gasteiger partial charge in [-0.15, -0.1) is 0 Å². The Kier molecular flexibility index (Phi) is 10.4. The Morgan fingerprint density at radius 1 is 1.03 bits per heavy atom. The van der Waals surface area contributed by atoms with E-state index in [1.165, 1.54) is 12.8 Å². The highest BCUT2D eigenvalue weighted by Gasteiger charge is 2.37. The molecule has 3 aliphatic rings. The Morgan fingerprint density at radius 3 is 2.29 bits per heavy atom. The Bertz CT molecular complexity index is 674. The second-order valence-corrected chi connectivity index (χ2v) is 10.3. The summed E-state index contributed by atoms with van der Waals surface area (Å²) in [6.45, 7) is 2.80. The van der Waals surface area contributed by atoms with Gasteiger partial charge in [0.1, 0.15) is 0 Å². The molecule has 9 heteroatoms. The van der Waals surface area contributed by atoms with E-state index in [9.17, 15) is 14.7 Å². The first-order valence-corrected chi connectivity index (χ1v) is 13.3. The number of nitrogens with zero attached hydrogens (tertiary/aromatic N) is 3. The van der Waals surface area contributed by atoms with E-state index in [0.29, 0.717) is 13.2 Å². The molecule has 2 heterocycles. The summed E-state index contributed by atoms with van der Waals surface area (Å²) < 4.78 is 6.14. The van der Waals surface area contributed by atoms with Crippen LogP contribution < -0.4 is 5.73 Å². The molecule has 4 N–H and O–H groups in total. The molecule has 0 bridgehead atoms. The van der Waals surface area contributed by atoms with Crippen LogP contribution in [0.3, 0.4) is 0 Å². The zero-order valence-electron chi connectivity index (χ0n) is 20.9. The number of nitrogens with one attached hydrogen (secondary N) is 1. The predicted octanol–water partition coefficient (Wildman–Crippen LogP) is 2.63. The lowest BCUT2D eigenvalue weighted by Gasteiger charge is -2.41. The highest BCUT2D eigenvalue weighted by molar-refractivity contribution is 5.86. The van der Waals surface area contributed by atoms with Crippen LogP contribution in [0, 0.1) is 5.41 Å². The van der Waals surface area contributed by atoms with Crippen LogP contribution in [-0.2, 0) is 14.3 Å². The van der Waals surface area contributed by atoms with Gasteiger partial charge in [-0.25, -0.2) is 0 Å². The van der Waals surface area contributed by atoms with E-state index < -0.39 is 12.0 Å². The molecule has 0 aromatic carbocycles. The molecule has 0 spiro atoms. The van der Waals surface area contributed by atoms with Crippen LogP contribution in [0.15, 0.2) is 0 Å². The molecule has 2 saturated heterocycles. The van der Waals surface area contributed by atoms with Crippen molar-refractivity contribution in [1.29, 1.82) is 5.41 Å². The van der Waals surface area contributed by atoms with Gasteiger partial charge in [0.25, 0.3) is 0 Å². The van der Waals surface area contributed by atoms with Gasteiger partial charge < -0.3 is 25.4 Å². The molecule has 9 nitrogen and oxygen atoms in total. The second kappa shape index (κ2) is 13.3. The summed E-state index contributed by atoms with van der Waals surface area (Å²) in [7, 11) is 1.96. The summed E-state index contributed by atoms with van der Waals surface area (Å²) in [5, 5.41) is 17.2. The molecular weight excluding hydrogens is 434 g/mol. The molecule has 2 atom stereocenters. The van der Waals surface area contributed by atoms with Crippen molar-refractivity contribution in [3.8, 4) is 0 Å². The summed E-state index contributed by atoms with van der Waals surface area (Å²) in [6, 6.07) is -0.210. The number of carbonyl (C=O) groups is 2. The van der Waals surface area contributed by atoms with Crippen LogP contribution in [-0.4, -0.2) is 95.2 Å². The van der Waals surface area contributed by atoms with Crippen molar-refractivity contribution in [2.75, 3.05) is 33.3 Å². The van der Waals surface area contributed by atoms with Crippen LogP contribution >= 0.6 is 0 Å². The number of carboxylic acid groups (broad SMARTS) is 1. The molecule has 1 unspecified atom stereocenters. The summed E-state index contributed by atoms with van der Waals surface area (Å²) in [6.07, 6.45) is 12.4. The number of hydrogen-bond donors (Lipinski definition) is 3. The van der Waals surface area contributed by atoms with Gasteiger partial charge in [-0.1, -0.05) is 25.7 Å². The third-order valence-electron chi connectivity index (χ3n) is 8.04. The number of likely N-dealkylation sites (tertiary alicyclic amines) is 2. The maximum Gasteiger partial charge on any atom is 0.305 e. The van der Waals surface area contributed by atoms with E-state index >= 15 is 0 Å². The van der Waals surface area contributed by atoms with Gasteiger partial charge in [0, 0.05) is 38.3 Å². The van der Waals surface area contributed by atoms with Crippen LogP contribution in [0.25, 0.3) is 0 Å². The number of ether oxygens (including phenoxy) is 1. The van der Waals surface area contributed by atoms with Crippen molar-refractivity contribution in [1.82, 2.24) is 14.7 Å². The number of carboxylic acids is 1. The quantitative estimate of drug-likeness (QED) is 0.264. The molecule has 1 saturated carbocycles. The van der Waals surface area contributed by atoms with Crippen LogP contribution in [0.2, 0.25) is 0 Å². The van der Waals surface area contributed by atoms with Gasteiger partial charge in [-0.05, 0) is 58.4 Å². The lowest BCUT2D eigenvalue weighted by Crippen LogP contribution is -2.55. The van der Waals surface area contributed by atoms with Gasteiger partial charge in [-0.2, -0.15) is 0 Å². The summed E-state index contributed by atoms with van der Waals surface area (Å²) in [5.74, 6) is -0.805. The number of likely N-dealkylation sites (N-methyl/N-ethyl adjacent to an activating group) is 1. The van der Waals surface area contributed by atoms with Gasteiger partial charge >= 0.3 is 5.97 Å². The minimum atomic E-state index is -0.910. The topological polar surface area (TPSA) is 123 Å². The third-order valence-corrected chi connectivity index (χ3v) is 8.04. The van der Waals surface area contributed by atoms with Crippen LogP contribution in [0.4, 0.5) is 0 Å². The predicted molar refractivity (Wildman–Crippen MR) is 132 cm³/mol. The van der Waals surface area contributed by atoms with Crippen molar-refractivity contribution in [3.05, 3.63) is 0 Å². The standard InChI is InChI=1S/C25H45N5O4/c1-28(19-8-4-2-3-5-9-19)22(18-23(31)32)24(33)30-14-7-6-10-20(30)13-17-34-21-11-15-29(16-12-21)25(26)27/h19-22H,2-18H2,1H3,(H3,26,27)(H,31,32)/t20?,22-/m0/s1. The minimum absolute atomic E-state index is 0.0198. The Labute approximate surface area is 204 Å². The molecule has 194 valence electrons. The summed E-state index contributed by atoms with van der Waals surface area (Å²) in [5.41, 5.74) is 5.58. The zero-order chi connectivity index (χ0) is 24.5. The zero-order valence-corrected chi connectivity index (χ0v) is 20.9. The number of rotatable bonds is 9. The molecule has 3 rings (SSSR count). The molecule has 0 radical (unpaired) electrons. The highest BCUT2D eigenvalue weighted by Crippen LogP contribution is 2.27. The van der Waals surface area contributed by atoms with Crippen molar-refractivity contribution >= 4 is 17.8 Å². The number of amides is 1. The SMILES string of the molecule is CN(C1CCCCCC1)[C@@H](CC(=O)O)C(=O)N1CCCCC1CCOC1CCN(C(=N)N)CC1. The highest BCUT2D eigenvalue weighted by atomic mass is 16.5. The second-order valence-electron chi connectivity index (χ2n) is 10.3. The largest absolute Gasteiger partial charge is 0.481 e.